The van der Waals surface area contributed by atoms with Crippen LogP contribution in [-0.4, -0.2) is 37.1 Å². The highest BCUT2D eigenvalue weighted by Gasteiger charge is 2.50. The highest BCUT2D eigenvalue weighted by Crippen LogP contribution is 2.36. The zero-order chi connectivity index (χ0) is 30.5. The number of benzene rings is 4. The van der Waals surface area contributed by atoms with E-state index in [2.05, 4.69) is 72.8 Å². The summed E-state index contributed by atoms with van der Waals surface area (Å²) in [6.07, 6.45) is 7.67. The average Bonchev–Trinajstić information content (AvgIpc) is 3.11. The Morgan fingerprint density at radius 1 is 0.511 bits per heavy atom. The Morgan fingerprint density at radius 3 is 1.47 bits per heavy atom. The second kappa shape index (κ2) is 16.5. The average molecular weight is 603 g/mol. The molecule has 4 aromatic rings. The van der Waals surface area contributed by atoms with E-state index in [4.69, 9.17) is 23.7 Å². The zero-order valence-electron chi connectivity index (χ0n) is 25.6. The van der Waals surface area contributed by atoms with Gasteiger partial charge in [-0.15, -0.1) is 0 Å². The van der Waals surface area contributed by atoms with Crippen LogP contribution in [0.1, 0.15) is 28.7 Å². The van der Waals surface area contributed by atoms with E-state index in [-0.39, 0.29) is 24.2 Å². The van der Waals surface area contributed by atoms with E-state index in [0.717, 1.165) is 28.7 Å². The molecule has 0 amide bonds. The second-order valence-corrected chi connectivity index (χ2v) is 11.6. The summed E-state index contributed by atoms with van der Waals surface area (Å²) in [4.78, 5) is 0. The van der Waals surface area contributed by atoms with Crippen LogP contribution in [0.4, 0.5) is 0 Å². The Kier molecular flexibility index (Phi) is 11.4. The van der Waals surface area contributed by atoms with Gasteiger partial charge in [-0.1, -0.05) is 146 Å². The lowest BCUT2D eigenvalue weighted by Gasteiger charge is -2.48. The number of rotatable bonds is 14. The summed E-state index contributed by atoms with van der Waals surface area (Å²) in [6, 6.07) is 41.0. The molecule has 1 aliphatic heterocycles. The molecule has 0 aromatic heterocycles. The van der Waals surface area contributed by atoms with Crippen LogP contribution in [0, 0.1) is 5.92 Å². The van der Waals surface area contributed by atoms with Gasteiger partial charge in [0.2, 0.25) is 0 Å². The van der Waals surface area contributed by atoms with Gasteiger partial charge in [-0.2, -0.15) is 0 Å². The molecule has 232 valence electrons. The molecule has 1 saturated heterocycles. The van der Waals surface area contributed by atoms with Crippen LogP contribution < -0.4 is 0 Å². The minimum Gasteiger partial charge on any atom is -0.374 e. The molecule has 6 atom stereocenters. The molecular weight excluding hydrogens is 560 g/mol. The molecule has 2 aliphatic rings. The van der Waals surface area contributed by atoms with Crippen LogP contribution in [-0.2, 0) is 50.1 Å². The topological polar surface area (TPSA) is 46.2 Å². The first-order valence-electron chi connectivity index (χ1n) is 15.9. The summed E-state index contributed by atoms with van der Waals surface area (Å²) >= 11 is 0. The molecule has 6 rings (SSSR count). The van der Waals surface area contributed by atoms with Crippen LogP contribution in [0.2, 0.25) is 0 Å². The van der Waals surface area contributed by atoms with Crippen molar-refractivity contribution >= 4 is 0 Å². The van der Waals surface area contributed by atoms with E-state index in [9.17, 15) is 0 Å². The monoisotopic (exact) mass is 602 g/mol. The van der Waals surface area contributed by atoms with Gasteiger partial charge in [-0.3, -0.25) is 0 Å². The number of hydrogen-bond acceptors (Lipinski definition) is 5. The summed E-state index contributed by atoms with van der Waals surface area (Å²) in [7, 11) is 0. The van der Waals surface area contributed by atoms with Crippen LogP contribution >= 0.6 is 0 Å². The maximum atomic E-state index is 7.01. The Labute approximate surface area is 267 Å². The molecule has 0 N–H and O–H groups in total. The van der Waals surface area contributed by atoms with Gasteiger partial charge in [0.1, 0.15) is 24.4 Å². The smallest absolute Gasteiger partial charge is 0.115 e. The van der Waals surface area contributed by atoms with Gasteiger partial charge in [0, 0.05) is 5.92 Å². The Balaban J connectivity index is 1.31. The zero-order valence-corrected chi connectivity index (χ0v) is 25.6. The third-order valence-electron chi connectivity index (χ3n) is 8.35. The molecule has 1 fully saturated rings. The van der Waals surface area contributed by atoms with E-state index in [1.807, 2.05) is 72.8 Å². The third kappa shape index (κ3) is 8.88. The van der Waals surface area contributed by atoms with E-state index < -0.39 is 12.2 Å². The van der Waals surface area contributed by atoms with Crippen molar-refractivity contribution < 1.29 is 23.7 Å². The molecule has 5 heteroatoms. The molecule has 0 saturated carbocycles. The highest BCUT2D eigenvalue weighted by molar-refractivity contribution is 5.18. The van der Waals surface area contributed by atoms with Crippen molar-refractivity contribution in [2.45, 2.75) is 63.4 Å². The SMILES string of the molecule is C1=CCC([C@@H]2O[C@H](COCc3ccccc3)[C@@H](OCc3ccccc3)[C@H](OCc3ccccc3)[C@H]2OCc2ccccc2)C=C1. The standard InChI is InChI=1S/C40H42O5/c1-6-16-31(17-7-1)26-41-30-36-38(42-27-32-18-8-2-9-19-32)40(44-29-34-22-12-4-13-23-34)39(43-28-33-20-10-3-11-21-33)37(45-36)35-24-14-5-15-25-35/h1-24,35-40H,25-30H2/t35?,36-,37+,38-,39+,40+/m1/s1. The molecule has 0 bridgehead atoms. The van der Waals surface area contributed by atoms with Crippen molar-refractivity contribution in [3.05, 3.63) is 168 Å². The minimum atomic E-state index is -0.426. The molecule has 1 heterocycles. The van der Waals surface area contributed by atoms with Gasteiger partial charge >= 0.3 is 0 Å². The Hall–Kier alpha value is -3.84. The summed E-state index contributed by atoms with van der Waals surface area (Å²) in [6.45, 7) is 2.17. The van der Waals surface area contributed by atoms with Crippen molar-refractivity contribution in [2.75, 3.05) is 6.61 Å². The summed E-state index contributed by atoms with van der Waals surface area (Å²) in [5.74, 6) is 0.130. The molecule has 0 spiro atoms. The van der Waals surface area contributed by atoms with E-state index in [0.29, 0.717) is 33.0 Å². The van der Waals surface area contributed by atoms with Crippen molar-refractivity contribution in [3.8, 4) is 0 Å². The minimum absolute atomic E-state index is 0.130. The molecule has 1 aliphatic carbocycles. The Bertz CT molecular complexity index is 1460. The second-order valence-electron chi connectivity index (χ2n) is 11.6. The summed E-state index contributed by atoms with van der Waals surface area (Å²) in [5, 5.41) is 0. The first kappa shape index (κ1) is 31.2. The van der Waals surface area contributed by atoms with E-state index >= 15 is 0 Å². The lowest BCUT2D eigenvalue weighted by Crippen LogP contribution is -2.62. The maximum absolute atomic E-state index is 7.01. The van der Waals surface area contributed by atoms with Crippen molar-refractivity contribution in [1.82, 2.24) is 0 Å². The maximum Gasteiger partial charge on any atom is 0.115 e. The highest BCUT2D eigenvalue weighted by atomic mass is 16.6. The lowest BCUT2D eigenvalue weighted by atomic mass is 9.84. The third-order valence-corrected chi connectivity index (χ3v) is 8.35. The fourth-order valence-corrected chi connectivity index (χ4v) is 6.01. The molecule has 4 aromatic carbocycles. The quantitative estimate of drug-likeness (QED) is 0.147. The molecule has 5 nitrogen and oxygen atoms in total. The predicted molar refractivity (Wildman–Crippen MR) is 176 cm³/mol. The van der Waals surface area contributed by atoms with Gasteiger partial charge in [0.05, 0.1) is 39.1 Å². The van der Waals surface area contributed by atoms with Gasteiger partial charge in [-0.05, 0) is 28.7 Å². The fraction of sp³-hybridized carbons (Fsp3) is 0.300. The fourth-order valence-electron chi connectivity index (χ4n) is 6.01. The van der Waals surface area contributed by atoms with Crippen molar-refractivity contribution in [1.29, 1.82) is 0 Å². The lowest BCUT2D eigenvalue weighted by molar-refractivity contribution is -0.278. The van der Waals surface area contributed by atoms with Crippen LogP contribution in [0.3, 0.4) is 0 Å². The van der Waals surface area contributed by atoms with E-state index in [1.54, 1.807) is 0 Å². The summed E-state index contributed by atoms with van der Waals surface area (Å²) in [5.41, 5.74) is 4.41. The predicted octanol–water partition coefficient (Wildman–Crippen LogP) is 7.86. The van der Waals surface area contributed by atoms with Gasteiger partial charge < -0.3 is 23.7 Å². The van der Waals surface area contributed by atoms with Crippen molar-refractivity contribution in [2.24, 2.45) is 5.92 Å². The molecule has 0 radical (unpaired) electrons. The normalized spacial score (nSPS) is 24.4. The first-order chi connectivity index (χ1) is 22.3. The number of ether oxygens (including phenoxy) is 5. The van der Waals surface area contributed by atoms with Crippen LogP contribution in [0.5, 0.6) is 0 Å². The van der Waals surface area contributed by atoms with Crippen molar-refractivity contribution in [3.63, 3.8) is 0 Å². The van der Waals surface area contributed by atoms with Gasteiger partial charge in [0.25, 0.3) is 0 Å². The number of allylic oxidation sites excluding steroid dienone is 3. The molecule has 45 heavy (non-hydrogen) atoms. The van der Waals surface area contributed by atoms with Gasteiger partial charge in [0.15, 0.2) is 0 Å². The van der Waals surface area contributed by atoms with Crippen LogP contribution in [0.25, 0.3) is 0 Å². The van der Waals surface area contributed by atoms with E-state index in [1.165, 1.54) is 0 Å². The summed E-state index contributed by atoms with van der Waals surface area (Å²) < 4.78 is 33.8. The Morgan fingerprint density at radius 2 is 0.978 bits per heavy atom. The van der Waals surface area contributed by atoms with Gasteiger partial charge in [-0.25, -0.2) is 0 Å². The largest absolute Gasteiger partial charge is 0.374 e. The molecular formula is C40H42O5. The first-order valence-corrected chi connectivity index (χ1v) is 15.9. The molecule has 1 unspecified atom stereocenters. The number of hydrogen-bond donors (Lipinski definition) is 0. The van der Waals surface area contributed by atoms with Crippen LogP contribution in [0.15, 0.2) is 146 Å².